The number of fused-ring (bicyclic) bond motifs is 2. The van der Waals surface area contributed by atoms with Crippen molar-refractivity contribution in [2.75, 3.05) is 25.7 Å². The first-order valence-corrected chi connectivity index (χ1v) is 14.0. The molecule has 0 bridgehead atoms. The first kappa shape index (κ1) is 27.2. The number of hydrogen-bond acceptors (Lipinski definition) is 8. The fraction of sp³-hybridized carbons (Fsp3) is 0.407. The summed E-state index contributed by atoms with van der Waals surface area (Å²) in [6, 6.07) is 10.2. The Morgan fingerprint density at radius 1 is 1.14 bits per heavy atom. The van der Waals surface area contributed by atoms with Gasteiger partial charge in [-0.3, -0.25) is 4.79 Å². The number of ether oxygens (including phenoxy) is 3. The summed E-state index contributed by atoms with van der Waals surface area (Å²) in [6.45, 7) is 10.8. The lowest BCUT2D eigenvalue weighted by atomic mass is 10.1. The molecular formula is C27H32N2O6S2. The van der Waals surface area contributed by atoms with Crippen molar-refractivity contribution >= 4 is 39.3 Å². The van der Waals surface area contributed by atoms with E-state index in [0.29, 0.717) is 24.5 Å². The van der Waals surface area contributed by atoms with Crippen LogP contribution in [0.5, 0.6) is 11.5 Å². The van der Waals surface area contributed by atoms with Crippen molar-refractivity contribution in [3.63, 3.8) is 0 Å². The van der Waals surface area contributed by atoms with Gasteiger partial charge in [0.25, 0.3) is 5.91 Å². The molecule has 0 aromatic heterocycles. The molecule has 2 heterocycles. The van der Waals surface area contributed by atoms with Crippen LogP contribution in [0, 0.1) is 0 Å². The molecule has 2 aromatic carbocycles. The molecule has 0 aliphatic carbocycles. The summed E-state index contributed by atoms with van der Waals surface area (Å²) in [5.41, 5.74) is 2.02. The lowest BCUT2D eigenvalue weighted by molar-refractivity contribution is 0.0485. The smallest absolute Gasteiger partial charge is 0.416 e. The number of methoxy groups -OCH3 is 2. The molecule has 1 saturated heterocycles. The fourth-order valence-electron chi connectivity index (χ4n) is 4.26. The van der Waals surface area contributed by atoms with Gasteiger partial charge in [-0.25, -0.2) is 9.69 Å². The maximum absolute atomic E-state index is 13.5. The van der Waals surface area contributed by atoms with Gasteiger partial charge in [-0.15, -0.1) is 0 Å². The lowest BCUT2D eigenvalue weighted by Crippen LogP contribution is -2.50. The summed E-state index contributed by atoms with van der Waals surface area (Å²) < 4.78 is 16.6. The van der Waals surface area contributed by atoms with E-state index in [1.807, 2.05) is 24.3 Å². The zero-order chi connectivity index (χ0) is 26.9. The molecule has 2 atom stereocenters. The summed E-state index contributed by atoms with van der Waals surface area (Å²) in [5, 5.41) is 11.3. The van der Waals surface area contributed by atoms with E-state index in [2.05, 4.69) is 27.4 Å². The second-order valence-corrected chi connectivity index (χ2v) is 13.0. The lowest BCUT2D eigenvalue weighted by Gasteiger charge is -2.31. The first-order valence-electron chi connectivity index (χ1n) is 11.8. The van der Waals surface area contributed by atoms with E-state index in [0.717, 1.165) is 20.9 Å². The predicted octanol–water partition coefficient (Wildman–Crippen LogP) is 5.49. The van der Waals surface area contributed by atoms with Gasteiger partial charge in [0, 0.05) is 22.3 Å². The molecule has 198 valence electrons. The number of carbonyl (C=O) groups is 2. The van der Waals surface area contributed by atoms with Crippen LogP contribution >= 0.6 is 21.6 Å². The molecule has 1 unspecified atom stereocenters. The Morgan fingerprint density at radius 3 is 2.41 bits per heavy atom. The standard InChI is InChI=1S/C27H32N2O6S2/c1-16-11-21-25(31)29(20-13-23(34-6)22(33-5)12-19(20)24(30)28(21)14-16)26(32)35-15-17-7-9-18(10-8-17)36-37-27(2,3)4/h7-10,12-13,21,25,31H,1,11,14-15H2,2-6H3/t21-,25?/m0/s1. The number of benzene rings is 2. The molecular weight excluding hydrogens is 512 g/mol. The van der Waals surface area contributed by atoms with Gasteiger partial charge in [-0.2, -0.15) is 0 Å². The molecule has 2 amide bonds. The van der Waals surface area contributed by atoms with Crippen LogP contribution in [0.4, 0.5) is 10.5 Å². The van der Waals surface area contributed by atoms with Crippen LogP contribution in [-0.4, -0.2) is 59.8 Å². The molecule has 2 aliphatic rings. The van der Waals surface area contributed by atoms with Gasteiger partial charge in [0.2, 0.25) is 0 Å². The van der Waals surface area contributed by atoms with Crippen LogP contribution in [0.2, 0.25) is 0 Å². The van der Waals surface area contributed by atoms with Crippen LogP contribution < -0.4 is 14.4 Å². The van der Waals surface area contributed by atoms with Gasteiger partial charge in [0.1, 0.15) is 6.61 Å². The number of anilines is 1. The minimum Gasteiger partial charge on any atom is -0.493 e. The zero-order valence-electron chi connectivity index (χ0n) is 21.6. The van der Waals surface area contributed by atoms with E-state index >= 15 is 0 Å². The highest BCUT2D eigenvalue weighted by Crippen LogP contribution is 2.42. The highest BCUT2D eigenvalue weighted by Gasteiger charge is 2.46. The number of amides is 2. The number of carbonyl (C=O) groups excluding carboxylic acids is 2. The van der Waals surface area contributed by atoms with Crippen molar-refractivity contribution in [2.24, 2.45) is 0 Å². The third-order valence-electron chi connectivity index (χ3n) is 6.02. The van der Waals surface area contributed by atoms with Crippen molar-refractivity contribution in [2.45, 2.75) is 55.7 Å². The second-order valence-electron chi connectivity index (χ2n) is 9.94. The predicted molar refractivity (Wildman–Crippen MR) is 146 cm³/mol. The summed E-state index contributed by atoms with van der Waals surface area (Å²) in [6.07, 6.45) is -1.72. The van der Waals surface area contributed by atoms with E-state index in [1.165, 1.54) is 31.3 Å². The number of rotatable bonds is 6. The molecule has 2 aromatic rings. The number of aliphatic hydroxyl groups is 1. The minimum atomic E-state index is -1.33. The van der Waals surface area contributed by atoms with E-state index in [9.17, 15) is 14.7 Å². The normalized spacial score (nSPS) is 19.3. The van der Waals surface area contributed by atoms with Crippen LogP contribution in [0.3, 0.4) is 0 Å². The molecule has 1 fully saturated rings. The second kappa shape index (κ2) is 10.9. The molecule has 8 nitrogen and oxygen atoms in total. The Hall–Kier alpha value is -2.82. The highest BCUT2D eigenvalue weighted by atomic mass is 33.1. The molecule has 10 heteroatoms. The third kappa shape index (κ3) is 5.86. The monoisotopic (exact) mass is 544 g/mol. The molecule has 1 N–H and O–H groups in total. The van der Waals surface area contributed by atoms with Crippen LogP contribution in [0.15, 0.2) is 53.4 Å². The minimum absolute atomic E-state index is 0.0110. The largest absolute Gasteiger partial charge is 0.493 e. The van der Waals surface area contributed by atoms with Crippen LogP contribution in [-0.2, 0) is 11.3 Å². The Balaban J connectivity index is 1.59. The van der Waals surface area contributed by atoms with Gasteiger partial charge in [-0.05, 0) is 30.2 Å². The van der Waals surface area contributed by atoms with Crippen LogP contribution in [0.1, 0.15) is 43.1 Å². The molecule has 2 aliphatic heterocycles. The molecule has 0 spiro atoms. The maximum Gasteiger partial charge on any atom is 0.416 e. The third-order valence-corrected chi connectivity index (χ3v) is 9.40. The van der Waals surface area contributed by atoms with Crippen molar-refractivity contribution in [3.05, 3.63) is 59.7 Å². The number of nitrogens with zero attached hydrogens (tertiary/aromatic N) is 2. The molecule has 0 radical (unpaired) electrons. The van der Waals surface area contributed by atoms with E-state index < -0.39 is 18.4 Å². The highest BCUT2D eigenvalue weighted by molar-refractivity contribution is 8.77. The maximum atomic E-state index is 13.5. The number of aliphatic hydroxyl groups excluding tert-OH is 1. The van der Waals surface area contributed by atoms with Gasteiger partial charge < -0.3 is 24.2 Å². The van der Waals surface area contributed by atoms with Gasteiger partial charge in [0.15, 0.2) is 17.7 Å². The number of hydrogen-bond donors (Lipinski definition) is 1. The van der Waals surface area contributed by atoms with Crippen molar-refractivity contribution in [1.82, 2.24) is 4.90 Å². The van der Waals surface area contributed by atoms with Crippen molar-refractivity contribution in [3.8, 4) is 11.5 Å². The molecule has 37 heavy (non-hydrogen) atoms. The molecule has 4 rings (SSSR count). The Bertz CT molecular complexity index is 1190. The fourth-order valence-corrected chi connectivity index (χ4v) is 6.23. The summed E-state index contributed by atoms with van der Waals surface area (Å²) in [7, 11) is 6.41. The Kier molecular flexibility index (Phi) is 8.01. The quantitative estimate of drug-likeness (QED) is 0.377. The van der Waals surface area contributed by atoms with Crippen molar-refractivity contribution in [1.29, 1.82) is 0 Å². The average molecular weight is 545 g/mol. The van der Waals surface area contributed by atoms with Gasteiger partial charge >= 0.3 is 6.09 Å². The van der Waals surface area contributed by atoms with E-state index in [-0.39, 0.29) is 28.5 Å². The average Bonchev–Trinajstić information content (AvgIpc) is 3.24. The molecule has 0 saturated carbocycles. The Morgan fingerprint density at radius 2 is 1.78 bits per heavy atom. The topological polar surface area (TPSA) is 88.5 Å². The first-order chi connectivity index (χ1) is 17.5. The summed E-state index contributed by atoms with van der Waals surface area (Å²) >= 11 is 0. The van der Waals surface area contributed by atoms with Crippen LogP contribution in [0.25, 0.3) is 0 Å². The van der Waals surface area contributed by atoms with Gasteiger partial charge in [-0.1, -0.05) is 66.6 Å². The summed E-state index contributed by atoms with van der Waals surface area (Å²) in [5.74, 6) is 0.346. The Labute approximate surface area is 225 Å². The van der Waals surface area contributed by atoms with E-state index in [1.54, 1.807) is 21.6 Å². The van der Waals surface area contributed by atoms with Crippen molar-refractivity contribution < 1.29 is 28.9 Å². The van der Waals surface area contributed by atoms with Gasteiger partial charge in [0.05, 0.1) is 31.5 Å². The van der Waals surface area contributed by atoms with E-state index in [4.69, 9.17) is 14.2 Å². The SMILES string of the molecule is C=C1C[C@H]2C(O)N(C(=O)OCc3ccc(SSC(C)(C)C)cc3)c3cc(OC)c(OC)cc3C(=O)N2C1. The summed E-state index contributed by atoms with van der Waals surface area (Å²) in [4.78, 5) is 30.7. The zero-order valence-corrected chi connectivity index (χ0v) is 23.3.